The van der Waals surface area contributed by atoms with Crippen LogP contribution in [0.3, 0.4) is 0 Å². The monoisotopic (exact) mass is 291 g/mol. The molecule has 1 fully saturated rings. The second-order valence-electron chi connectivity index (χ2n) is 5.67. The van der Waals surface area contributed by atoms with Gasteiger partial charge in [-0.3, -0.25) is 4.90 Å². The summed E-state index contributed by atoms with van der Waals surface area (Å²) in [6.45, 7) is 3.87. The summed E-state index contributed by atoms with van der Waals surface area (Å²) in [6, 6.07) is 10.7. The molecule has 2 rings (SSSR count). The molecule has 0 N–H and O–H groups in total. The minimum atomic E-state index is -0.603. The number of likely N-dealkylation sites (tertiary alicyclic amines) is 1. The number of aryl methyl sites for hydroxylation is 1. The zero-order valence-electron chi connectivity index (χ0n) is 13.0. The predicted molar refractivity (Wildman–Crippen MR) is 82.0 cm³/mol. The highest BCUT2D eigenvalue weighted by molar-refractivity contribution is 5.59. The molecule has 1 heterocycles. The molecule has 1 aliphatic rings. The first-order valence-electron chi connectivity index (χ1n) is 7.71. The molecule has 1 aliphatic heterocycles. The summed E-state index contributed by atoms with van der Waals surface area (Å²) in [5, 5.41) is 0. The Morgan fingerprint density at radius 3 is 2.57 bits per heavy atom. The van der Waals surface area contributed by atoms with Gasteiger partial charge in [0.05, 0.1) is 7.11 Å². The SMILES string of the molecule is COC(=O)OC(C)N1CCC(CCc2ccccc2)CC1. The van der Waals surface area contributed by atoms with E-state index in [0.29, 0.717) is 0 Å². The summed E-state index contributed by atoms with van der Waals surface area (Å²) in [4.78, 5) is 13.3. The highest BCUT2D eigenvalue weighted by atomic mass is 16.7. The van der Waals surface area contributed by atoms with Gasteiger partial charge in [-0.25, -0.2) is 4.79 Å². The Bertz CT molecular complexity index is 427. The lowest BCUT2D eigenvalue weighted by Gasteiger charge is -2.35. The Kier molecular flexibility index (Phi) is 6.05. The summed E-state index contributed by atoms with van der Waals surface area (Å²) >= 11 is 0. The molecule has 0 radical (unpaired) electrons. The summed E-state index contributed by atoms with van der Waals surface area (Å²) in [5.41, 5.74) is 1.42. The highest BCUT2D eigenvalue weighted by Crippen LogP contribution is 2.23. The van der Waals surface area contributed by atoms with Crippen LogP contribution < -0.4 is 0 Å². The van der Waals surface area contributed by atoms with E-state index in [2.05, 4.69) is 40.0 Å². The van der Waals surface area contributed by atoms with Gasteiger partial charge in [0, 0.05) is 13.1 Å². The Hall–Kier alpha value is -1.55. The van der Waals surface area contributed by atoms with Gasteiger partial charge in [-0.1, -0.05) is 30.3 Å². The molecule has 21 heavy (non-hydrogen) atoms. The zero-order valence-corrected chi connectivity index (χ0v) is 13.0. The van der Waals surface area contributed by atoms with Crippen LogP contribution in [0.2, 0.25) is 0 Å². The van der Waals surface area contributed by atoms with E-state index in [1.54, 1.807) is 0 Å². The van der Waals surface area contributed by atoms with Crippen molar-refractivity contribution in [2.75, 3.05) is 20.2 Å². The third-order valence-corrected chi connectivity index (χ3v) is 4.28. The second kappa shape index (κ2) is 8.03. The van der Waals surface area contributed by atoms with Crippen LogP contribution in [-0.4, -0.2) is 37.5 Å². The van der Waals surface area contributed by atoms with E-state index in [1.165, 1.54) is 31.9 Å². The van der Waals surface area contributed by atoms with Crippen LogP contribution in [0.15, 0.2) is 30.3 Å². The van der Waals surface area contributed by atoms with Crippen LogP contribution in [0, 0.1) is 5.92 Å². The molecule has 1 atom stereocenters. The van der Waals surface area contributed by atoms with Crippen LogP contribution in [-0.2, 0) is 15.9 Å². The van der Waals surface area contributed by atoms with E-state index in [-0.39, 0.29) is 6.23 Å². The molecular weight excluding hydrogens is 266 g/mol. The lowest BCUT2D eigenvalue weighted by Crippen LogP contribution is -2.42. The van der Waals surface area contributed by atoms with Gasteiger partial charge in [0.25, 0.3) is 0 Å². The maximum atomic E-state index is 11.1. The molecule has 0 bridgehead atoms. The summed E-state index contributed by atoms with van der Waals surface area (Å²) in [5.74, 6) is 0.770. The number of carbonyl (C=O) groups is 1. The fourth-order valence-corrected chi connectivity index (χ4v) is 2.88. The lowest BCUT2D eigenvalue weighted by molar-refractivity contribution is -0.0441. The van der Waals surface area contributed by atoms with Gasteiger partial charge < -0.3 is 9.47 Å². The number of carbonyl (C=O) groups excluding carboxylic acids is 1. The van der Waals surface area contributed by atoms with Crippen LogP contribution in [0.25, 0.3) is 0 Å². The number of methoxy groups -OCH3 is 1. The van der Waals surface area contributed by atoms with Crippen molar-refractivity contribution in [2.45, 2.75) is 38.8 Å². The summed E-state index contributed by atoms with van der Waals surface area (Å²) in [7, 11) is 1.34. The van der Waals surface area contributed by atoms with Crippen LogP contribution >= 0.6 is 0 Å². The first kappa shape index (κ1) is 15.8. The number of benzene rings is 1. The van der Waals surface area contributed by atoms with E-state index in [0.717, 1.165) is 25.4 Å². The largest absolute Gasteiger partial charge is 0.509 e. The second-order valence-corrected chi connectivity index (χ2v) is 5.67. The van der Waals surface area contributed by atoms with Crippen molar-refractivity contribution < 1.29 is 14.3 Å². The molecule has 4 heteroatoms. The van der Waals surface area contributed by atoms with Crippen molar-refractivity contribution in [3.05, 3.63) is 35.9 Å². The highest BCUT2D eigenvalue weighted by Gasteiger charge is 2.24. The molecule has 116 valence electrons. The van der Waals surface area contributed by atoms with Crippen molar-refractivity contribution in [1.29, 1.82) is 0 Å². The van der Waals surface area contributed by atoms with Crippen molar-refractivity contribution in [3.8, 4) is 0 Å². The number of ether oxygens (including phenoxy) is 2. The number of rotatable bonds is 5. The normalized spacial score (nSPS) is 18.2. The standard InChI is InChI=1S/C17H25NO3/c1-14(21-17(19)20-2)18-12-10-16(11-13-18)9-8-15-6-4-3-5-7-15/h3-7,14,16H,8-13H2,1-2H3. The third-order valence-electron chi connectivity index (χ3n) is 4.28. The summed E-state index contributed by atoms with van der Waals surface area (Å²) < 4.78 is 9.70. The molecule has 0 spiro atoms. The van der Waals surface area contributed by atoms with Crippen LogP contribution in [0.1, 0.15) is 31.7 Å². The Morgan fingerprint density at radius 1 is 1.29 bits per heavy atom. The zero-order chi connectivity index (χ0) is 15.1. The topological polar surface area (TPSA) is 38.8 Å². The van der Waals surface area contributed by atoms with Gasteiger partial charge in [-0.15, -0.1) is 0 Å². The van der Waals surface area contributed by atoms with Crippen molar-refractivity contribution in [2.24, 2.45) is 5.92 Å². The van der Waals surface area contributed by atoms with Crippen LogP contribution in [0.4, 0.5) is 4.79 Å². The maximum Gasteiger partial charge on any atom is 0.509 e. The van der Waals surface area contributed by atoms with Gasteiger partial charge in [0.15, 0.2) is 6.23 Å². The number of piperidine rings is 1. The minimum absolute atomic E-state index is 0.201. The predicted octanol–water partition coefficient (Wildman–Crippen LogP) is 3.46. The van der Waals surface area contributed by atoms with Crippen molar-refractivity contribution >= 4 is 6.16 Å². The third kappa shape index (κ3) is 5.05. The van der Waals surface area contributed by atoms with Gasteiger partial charge in [-0.2, -0.15) is 0 Å². The smallest absolute Gasteiger partial charge is 0.438 e. The number of nitrogens with zero attached hydrogens (tertiary/aromatic N) is 1. The fourth-order valence-electron chi connectivity index (χ4n) is 2.88. The van der Waals surface area contributed by atoms with Crippen molar-refractivity contribution in [3.63, 3.8) is 0 Å². The maximum absolute atomic E-state index is 11.1. The molecular formula is C17H25NO3. The molecule has 1 saturated heterocycles. The van der Waals surface area contributed by atoms with Gasteiger partial charge in [-0.05, 0) is 44.1 Å². The Labute approximate surface area is 127 Å². The fraction of sp³-hybridized carbons (Fsp3) is 0.588. The average molecular weight is 291 g/mol. The molecule has 4 nitrogen and oxygen atoms in total. The van der Waals surface area contributed by atoms with Crippen molar-refractivity contribution in [1.82, 2.24) is 4.90 Å². The quantitative estimate of drug-likeness (QED) is 0.779. The molecule has 0 aliphatic carbocycles. The molecule has 1 aromatic rings. The minimum Gasteiger partial charge on any atom is -0.438 e. The Morgan fingerprint density at radius 2 is 1.95 bits per heavy atom. The molecule has 1 aromatic carbocycles. The Balaban J connectivity index is 1.69. The first-order valence-corrected chi connectivity index (χ1v) is 7.71. The molecule has 0 amide bonds. The van der Waals surface area contributed by atoms with Gasteiger partial charge >= 0.3 is 6.16 Å². The first-order chi connectivity index (χ1) is 10.2. The van der Waals surface area contributed by atoms with E-state index in [4.69, 9.17) is 4.74 Å². The average Bonchev–Trinajstić information content (AvgIpc) is 2.54. The van der Waals surface area contributed by atoms with E-state index >= 15 is 0 Å². The van der Waals surface area contributed by atoms with E-state index in [1.807, 2.05) is 6.92 Å². The van der Waals surface area contributed by atoms with E-state index in [9.17, 15) is 4.79 Å². The lowest BCUT2D eigenvalue weighted by atomic mass is 9.90. The molecule has 0 aromatic heterocycles. The molecule has 1 unspecified atom stereocenters. The number of hydrogen-bond donors (Lipinski definition) is 0. The van der Waals surface area contributed by atoms with Crippen LogP contribution in [0.5, 0.6) is 0 Å². The number of hydrogen-bond acceptors (Lipinski definition) is 4. The molecule has 0 saturated carbocycles. The summed E-state index contributed by atoms with van der Waals surface area (Å²) in [6.07, 6.45) is 3.92. The van der Waals surface area contributed by atoms with Gasteiger partial charge in [0.2, 0.25) is 0 Å². The van der Waals surface area contributed by atoms with E-state index < -0.39 is 6.16 Å². The van der Waals surface area contributed by atoms with Gasteiger partial charge in [0.1, 0.15) is 0 Å².